The van der Waals surface area contributed by atoms with Crippen LogP contribution in [-0.4, -0.2) is 42.6 Å². The van der Waals surface area contributed by atoms with Gasteiger partial charge in [-0.3, -0.25) is 4.79 Å². The van der Waals surface area contributed by atoms with Gasteiger partial charge in [0.2, 0.25) is 0 Å². The maximum atomic E-state index is 13.1. The highest BCUT2D eigenvalue weighted by molar-refractivity contribution is 7.08. The van der Waals surface area contributed by atoms with Crippen molar-refractivity contribution in [2.75, 3.05) is 23.8 Å². The lowest BCUT2D eigenvalue weighted by atomic mass is 10.0. The Morgan fingerprint density at radius 2 is 2.08 bits per heavy atom. The van der Waals surface area contributed by atoms with Gasteiger partial charge in [-0.05, 0) is 38.9 Å². The van der Waals surface area contributed by atoms with Gasteiger partial charge < -0.3 is 15.0 Å². The van der Waals surface area contributed by atoms with E-state index in [-0.39, 0.29) is 12.0 Å². The first-order chi connectivity index (χ1) is 12.5. The molecule has 0 aliphatic carbocycles. The number of hydrogen-bond donors (Lipinski definition) is 1. The van der Waals surface area contributed by atoms with E-state index >= 15 is 0 Å². The standard InChI is InChI=1S/C19H21N3O3S/c1-12-9-13(7-8-21(12)2)25-19(24)22-16-6-4-3-5-15(16)20-18(23)14-10-26-11-17(14)22/h3-6,10-13H,7-9H2,1-2H3,(H,20,23). The summed E-state index contributed by atoms with van der Waals surface area (Å²) in [4.78, 5) is 29.4. The molecular weight excluding hydrogens is 350 g/mol. The predicted octanol–water partition coefficient (Wildman–Crippen LogP) is 4.07. The second-order valence-corrected chi connectivity index (χ2v) is 7.58. The Hall–Kier alpha value is -2.38. The first kappa shape index (κ1) is 17.1. The Morgan fingerprint density at radius 3 is 2.88 bits per heavy atom. The molecule has 2 amide bonds. The van der Waals surface area contributed by atoms with Gasteiger partial charge in [-0.2, -0.15) is 0 Å². The van der Waals surface area contributed by atoms with Crippen LogP contribution >= 0.6 is 11.3 Å². The van der Waals surface area contributed by atoms with E-state index in [9.17, 15) is 9.59 Å². The molecule has 7 heteroatoms. The number of carbonyl (C=O) groups is 2. The molecule has 0 radical (unpaired) electrons. The molecule has 2 aliphatic heterocycles. The van der Waals surface area contributed by atoms with Crippen LogP contribution in [-0.2, 0) is 4.74 Å². The molecule has 3 heterocycles. The van der Waals surface area contributed by atoms with E-state index in [2.05, 4.69) is 24.2 Å². The number of amides is 2. The van der Waals surface area contributed by atoms with Gasteiger partial charge in [-0.25, -0.2) is 9.69 Å². The molecular formula is C19H21N3O3S. The molecule has 0 saturated carbocycles. The monoisotopic (exact) mass is 371 g/mol. The van der Waals surface area contributed by atoms with Crippen LogP contribution in [0.15, 0.2) is 35.0 Å². The Kier molecular flexibility index (Phi) is 4.42. The van der Waals surface area contributed by atoms with Crippen LogP contribution in [0.3, 0.4) is 0 Å². The van der Waals surface area contributed by atoms with E-state index < -0.39 is 6.09 Å². The Morgan fingerprint density at radius 1 is 1.27 bits per heavy atom. The number of anilines is 3. The molecule has 2 aromatic rings. The number of thiophene rings is 1. The maximum Gasteiger partial charge on any atom is 0.419 e. The fourth-order valence-electron chi connectivity index (χ4n) is 3.47. The summed E-state index contributed by atoms with van der Waals surface area (Å²) < 4.78 is 5.85. The first-order valence-electron chi connectivity index (χ1n) is 8.72. The topological polar surface area (TPSA) is 61.9 Å². The van der Waals surface area contributed by atoms with Crippen molar-refractivity contribution in [3.05, 3.63) is 40.6 Å². The smallest absolute Gasteiger partial charge is 0.419 e. The van der Waals surface area contributed by atoms with Crippen LogP contribution in [0.25, 0.3) is 0 Å². The number of hydrogen-bond acceptors (Lipinski definition) is 5. The van der Waals surface area contributed by atoms with E-state index in [0.29, 0.717) is 28.7 Å². The number of rotatable bonds is 1. The van der Waals surface area contributed by atoms with Crippen LogP contribution in [0.1, 0.15) is 30.1 Å². The zero-order valence-corrected chi connectivity index (χ0v) is 15.6. The molecule has 6 nitrogen and oxygen atoms in total. The van der Waals surface area contributed by atoms with E-state index in [4.69, 9.17) is 4.74 Å². The summed E-state index contributed by atoms with van der Waals surface area (Å²) in [6.45, 7) is 3.04. The minimum absolute atomic E-state index is 0.116. The van der Waals surface area contributed by atoms with Gasteiger partial charge in [0.25, 0.3) is 5.91 Å². The lowest BCUT2D eigenvalue weighted by molar-refractivity contribution is 0.0417. The average molecular weight is 371 g/mol. The zero-order chi connectivity index (χ0) is 18.3. The minimum atomic E-state index is -0.435. The number of benzene rings is 1. The predicted molar refractivity (Wildman–Crippen MR) is 102 cm³/mol. The van der Waals surface area contributed by atoms with Crippen molar-refractivity contribution < 1.29 is 14.3 Å². The van der Waals surface area contributed by atoms with E-state index in [1.807, 2.05) is 23.6 Å². The van der Waals surface area contributed by atoms with Gasteiger partial charge in [-0.15, -0.1) is 11.3 Å². The molecule has 0 spiro atoms. The molecule has 1 saturated heterocycles. The van der Waals surface area contributed by atoms with Gasteiger partial charge in [-0.1, -0.05) is 12.1 Å². The zero-order valence-electron chi connectivity index (χ0n) is 14.8. The fraction of sp³-hybridized carbons (Fsp3) is 0.368. The number of piperidine rings is 1. The van der Waals surface area contributed by atoms with Crippen molar-refractivity contribution in [3.63, 3.8) is 0 Å². The van der Waals surface area contributed by atoms with Crippen LogP contribution < -0.4 is 10.2 Å². The molecule has 1 aromatic heterocycles. The lowest BCUT2D eigenvalue weighted by Crippen LogP contribution is -2.42. The Labute approximate surface area is 156 Å². The molecule has 1 fully saturated rings. The molecule has 4 rings (SSSR count). The molecule has 2 atom stereocenters. The third-order valence-corrected chi connectivity index (χ3v) is 5.86. The van der Waals surface area contributed by atoms with Gasteiger partial charge in [0, 0.05) is 23.3 Å². The Bertz CT molecular complexity index is 850. The Balaban J connectivity index is 1.66. The van der Waals surface area contributed by atoms with Gasteiger partial charge >= 0.3 is 6.09 Å². The van der Waals surface area contributed by atoms with Crippen LogP contribution in [0.5, 0.6) is 0 Å². The SMILES string of the molecule is CC1CC(OC(=O)N2c3ccccc3NC(=O)c3cscc32)CCN1C. The van der Waals surface area contributed by atoms with Crippen LogP contribution in [0, 0.1) is 0 Å². The quantitative estimate of drug-likeness (QED) is 0.821. The number of fused-ring (bicyclic) bond motifs is 2. The lowest BCUT2D eigenvalue weighted by Gasteiger charge is -2.35. The van der Waals surface area contributed by atoms with Gasteiger partial charge in [0.15, 0.2) is 0 Å². The van der Waals surface area contributed by atoms with Gasteiger partial charge in [0.1, 0.15) is 6.10 Å². The van der Waals surface area contributed by atoms with Crippen molar-refractivity contribution in [1.82, 2.24) is 4.90 Å². The summed E-state index contributed by atoms with van der Waals surface area (Å²) in [5.41, 5.74) is 2.29. The molecule has 1 aromatic carbocycles. The highest BCUT2D eigenvalue weighted by Crippen LogP contribution is 2.40. The second kappa shape index (κ2) is 6.74. The van der Waals surface area contributed by atoms with Crippen molar-refractivity contribution in [2.24, 2.45) is 0 Å². The number of nitrogens with one attached hydrogen (secondary N) is 1. The maximum absolute atomic E-state index is 13.1. The fourth-order valence-corrected chi connectivity index (χ4v) is 4.27. The highest BCUT2D eigenvalue weighted by atomic mass is 32.1. The largest absolute Gasteiger partial charge is 0.445 e. The second-order valence-electron chi connectivity index (χ2n) is 6.84. The molecule has 2 aliphatic rings. The van der Waals surface area contributed by atoms with Crippen molar-refractivity contribution in [2.45, 2.75) is 31.9 Å². The molecule has 26 heavy (non-hydrogen) atoms. The van der Waals surface area contributed by atoms with E-state index in [1.54, 1.807) is 11.4 Å². The van der Waals surface area contributed by atoms with E-state index in [0.717, 1.165) is 19.4 Å². The van der Waals surface area contributed by atoms with Crippen molar-refractivity contribution in [3.8, 4) is 0 Å². The molecule has 136 valence electrons. The molecule has 1 N–H and O–H groups in total. The van der Waals surface area contributed by atoms with E-state index in [1.165, 1.54) is 16.2 Å². The molecule has 2 unspecified atom stereocenters. The van der Waals surface area contributed by atoms with Crippen LogP contribution in [0.2, 0.25) is 0 Å². The molecule has 0 bridgehead atoms. The number of carbonyl (C=O) groups excluding carboxylic acids is 2. The summed E-state index contributed by atoms with van der Waals surface area (Å²) in [6.07, 6.45) is 1.08. The summed E-state index contributed by atoms with van der Waals surface area (Å²) in [6, 6.07) is 7.67. The highest BCUT2D eigenvalue weighted by Gasteiger charge is 2.33. The summed E-state index contributed by atoms with van der Waals surface area (Å²) in [5.74, 6) is -0.211. The summed E-state index contributed by atoms with van der Waals surface area (Å²) in [7, 11) is 2.09. The summed E-state index contributed by atoms with van der Waals surface area (Å²) in [5, 5.41) is 6.45. The first-order valence-corrected chi connectivity index (χ1v) is 9.66. The van der Waals surface area contributed by atoms with Crippen LogP contribution in [0.4, 0.5) is 21.9 Å². The van der Waals surface area contributed by atoms with Gasteiger partial charge in [0.05, 0.1) is 22.6 Å². The number of nitrogens with zero attached hydrogens (tertiary/aromatic N) is 2. The number of ether oxygens (including phenoxy) is 1. The minimum Gasteiger partial charge on any atom is -0.445 e. The summed E-state index contributed by atoms with van der Waals surface area (Å²) >= 11 is 1.39. The normalized spacial score (nSPS) is 22.8. The number of para-hydroxylation sites is 2. The van der Waals surface area contributed by atoms with Crippen molar-refractivity contribution in [1.29, 1.82) is 0 Å². The third kappa shape index (κ3) is 2.97. The number of likely N-dealkylation sites (tertiary alicyclic amines) is 1. The van der Waals surface area contributed by atoms with Crippen molar-refractivity contribution >= 4 is 40.4 Å². The third-order valence-electron chi connectivity index (χ3n) is 5.13. The average Bonchev–Trinajstić information content (AvgIpc) is 3.05.